The fourth-order valence-electron chi connectivity index (χ4n) is 3.34. The van der Waals surface area contributed by atoms with Crippen molar-refractivity contribution >= 4 is 11.8 Å². The number of benzene rings is 1. The minimum absolute atomic E-state index is 0.0280. The molecule has 1 saturated heterocycles. The van der Waals surface area contributed by atoms with Gasteiger partial charge in [-0.3, -0.25) is 14.5 Å². The smallest absolute Gasteiger partial charge is 0.251 e. The van der Waals surface area contributed by atoms with Gasteiger partial charge in [-0.25, -0.2) is 0 Å². The van der Waals surface area contributed by atoms with Crippen molar-refractivity contribution in [1.29, 1.82) is 0 Å². The van der Waals surface area contributed by atoms with Crippen LogP contribution in [0.3, 0.4) is 0 Å². The molecule has 0 spiro atoms. The number of hydrogen-bond donors (Lipinski definition) is 2. The summed E-state index contributed by atoms with van der Waals surface area (Å²) in [4.78, 5) is 27.4. The zero-order valence-corrected chi connectivity index (χ0v) is 15.8. The van der Waals surface area contributed by atoms with Gasteiger partial charge in [0, 0.05) is 18.2 Å². The number of likely N-dealkylation sites (tertiary alicyclic amines) is 1. The molecule has 1 fully saturated rings. The third-order valence-electron chi connectivity index (χ3n) is 4.97. The van der Waals surface area contributed by atoms with Crippen LogP contribution < -0.4 is 10.6 Å². The highest BCUT2D eigenvalue weighted by molar-refractivity contribution is 5.97. The maximum atomic E-state index is 12.6. The molecule has 0 aliphatic carbocycles. The first kappa shape index (κ1) is 19.4. The maximum Gasteiger partial charge on any atom is 0.251 e. The van der Waals surface area contributed by atoms with Crippen LogP contribution in [0.25, 0.3) is 0 Å². The maximum absolute atomic E-state index is 12.6. The molecule has 1 aromatic rings. The van der Waals surface area contributed by atoms with Crippen LogP contribution in [-0.4, -0.2) is 48.4 Å². The Hall–Kier alpha value is -1.88. The number of rotatable bonds is 7. The van der Waals surface area contributed by atoms with Gasteiger partial charge in [0.05, 0.1) is 0 Å². The number of amides is 2. The highest BCUT2D eigenvalue weighted by Crippen LogP contribution is 2.15. The van der Waals surface area contributed by atoms with Gasteiger partial charge in [0.1, 0.15) is 6.04 Å². The molecule has 0 radical (unpaired) electrons. The van der Waals surface area contributed by atoms with Crippen LogP contribution in [0, 0.1) is 12.8 Å². The monoisotopic (exact) mass is 345 g/mol. The molecule has 2 atom stereocenters. The predicted molar refractivity (Wildman–Crippen MR) is 101 cm³/mol. The first-order valence-electron chi connectivity index (χ1n) is 9.31. The largest absolute Gasteiger partial charge is 0.353 e. The Balaban J connectivity index is 1.93. The second-order valence-corrected chi connectivity index (χ2v) is 7.23. The Morgan fingerprint density at radius 2 is 1.92 bits per heavy atom. The molecule has 1 heterocycles. The molecule has 2 amide bonds. The summed E-state index contributed by atoms with van der Waals surface area (Å²) < 4.78 is 0. The van der Waals surface area contributed by atoms with E-state index in [0.717, 1.165) is 25.1 Å². The number of carbonyl (C=O) groups is 2. The van der Waals surface area contributed by atoms with E-state index in [-0.39, 0.29) is 17.7 Å². The lowest BCUT2D eigenvalue weighted by atomic mass is 10.0. The third kappa shape index (κ3) is 5.30. The van der Waals surface area contributed by atoms with Crippen LogP contribution in [0.15, 0.2) is 24.3 Å². The van der Waals surface area contributed by atoms with Crippen LogP contribution >= 0.6 is 0 Å². The normalized spacial score (nSPS) is 19.0. The van der Waals surface area contributed by atoms with Gasteiger partial charge < -0.3 is 10.6 Å². The van der Waals surface area contributed by atoms with Crippen LogP contribution in [-0.2, 0) is 4.79 Å². The van der Waals surface area contributed by atoms with E-state index in [2.05, 4.69) is 22.5 Å². The van der Waals surface area contributed by atoms with Crippen LogP contribution in [0.5, 0.6) is 0 Å². The summed E-state index contributed by atoms with van der Waals surface area (Å²) >= 11 is 0. The fraction of sp³-hybridized carbons (Fsp3) is 0.600. The third-order valence-corrected chi connectivity index (χ3v) is 4.97. The van der Waals surface area contributed by atoms with Crippen molar-refractivity contribution in [3.05, 3.63) is 35.4 Å². The predicted octanol–water partition coefficient (Wildman–Crippen LogP) is 2.35. The Kier molecular flexibility index (Phi) is 7.00. The highest BCUT2D eigenvalue weighted by atomic mass is 16.2. The summed E-state index contributed by atoms with van der Waals surface area (Å²) in [6.45, 7) is 10.8. The van der Waals surface area contributed by atoms with Gasteiger partial charge in [-0.2, -0.15) is 0 Å². The summed E-state index contributed by atoms with van der Waals surface area (Å²) in [5.74, 6) is -0.274. The molecular formula is C20H31N3O2. The summed E-state index contributed by atoms with van der Waals surface area (Å²) in [6.07, 6.45) is 2.31. The molecule has 1 aromatic carbocycles. The van der Waals surface area contributed by atoms with E-state index in [1.165, 1.54) is 6.42 Å². The van der Waals surface area contributed by atoms with E-state index in [0.29, 0.717) is 18.2 Å². The van der Waals surface area contributed by atoms with Crippen molar-refractivity contribution in [1.82, 2.24) is 15.5 Å². The van der Waals surface area contributed by atoms with Gasteiger partial charge in [-0.1, -0.05) is 38.5 Å². The van der Waals surface area contributed by atoms with Crippen molar-refractivity contribution < 1.29 is 9.59 Å². The number of likely N-dealkylation sites (N-methyl/N-ethyl adjacent to an activating group) is 1. The van der Waals surface area contributed by atoms with E-state index >= 15 is 0 Å². The summed E-state index contributed by atoms with van der Waals surface area (Å²) in [6, 6.07) is 7.27. The lowest BCUT2D eigenvalue weighted by Crippen LogP contribution is -2.52. The molecule has 0 bridgehead atoms. The van der Waals surface area contributed by atoms with Crippen molar-refractivity contribution in [3.8, 4) is 0 Å². The van der Waals surface area contributed by atoms with Crippen molar-refractivity contribution in [2.45, 2.75) is 52.6 Å². The zero-order valence-electron chi connectivity index (χ0n) is 15.8. The van der Waals surface area contributed by atoms with E-state index in [1.54, 1.807) is 12.1 Å². The van der Waals surface area contributed by atoms with Gasteiger partial charge in [0.15, 0.2) is 0 Å². The Morgan fingerprint density at radius 3 is 2.52 bits per heavy atom. The van der Waals surface area contributed by atoms with Gasteiger partial charge in [0.2, 0.25) is 5.91 Å². The van der Waals surface area contributed by atoms with Crippen LogP contribution in [0.4, 0.5) is 0 Å². The van der Waals surface area contributed by atoms with E-state index in [4.69, 9.17) is 0 Å². The SMILES string of the molecule is CCN1CCCC1CNC(=O)C(NC(=O)c1ccc(C)cc1)C(C)C. The number of carbonyl (C=O) groups excluding carboxylic acids is 2. The van der Waals surface area contributed by atoms with Crippen LogP contribution in [0.1, 0.15) is 49.5 Å². The number of hydrogen-bond acceptors (Lipinski definition) is 3. The summed E-state index contributed by atoms with van der Waals surface area (Å²) in [5, 5.41) is 5.93. The number of nitrogens with zero attached hydrogens (tertiary/aromatic N) is 1. The minimum atomic E-state index is -0.523. The lowest BCUT2D eigenvalue weighted by Gasteiger charge is -2.26. The second kappa shape index (κ2) is 8.99. The molecule has 1 aliphatic heterocycles. The molecule has 5 heteroatoms. The first-order valence-corrected chi connectivity index (χ1v) is 9.31. The van der Waals surface area contributed by atoms with E-state index in [9.17, 15) is 9.59 Å². The highest BCUT2D eigenvalue weighted by Gasteiger charge is 2.27. The van der Waals surface area contributed by atoms with Gasteiger partial charge in [0.25, 0.3) is 5.91 Å². The standard InChI is InChI=1S/C20H31N3O2/c1-5-23-12-6-7-17(23)13-21-20(25)18(14(2)3)22-19(24)16-10-8-15(4)9-11-16/h8-11,14,17-18H,5-7,12-13H2,1-4H3,(H,21,25)(H,22,24). The molecule has 2 unspecified atom stereocenters. The molecule has 25 heavy (non-hydrogen) atoms. The molecule has 1 aliphatic rings. The fourth-order valence-corrected chi connectivity index (χ4v) is 3.34. The minimum Gasteiger partial charge on any atom is -0.353 e. The Labute approximate surface area is 151 Å². The average Bonchev–Trinajstić information content (AvgIpc) is 3.05. The molecule has 0 saturated carbocycles. The second-order valence-electron chi connectivity index (χ2n) is 7.23. The molecular weight excluding hydrogens is 314 g/mol. The Bertz CT molecular complexity index is 583. The zero-order chi connectivity index (χ0) is 18.4. The van der Waals surface area contributed by atoms with Gasteiger partial charge in [-0.15, -0.1) is 0 Å². The molecule has 138 valence electrons. The Morgan fingerprint density at radius 1 is 1.24 bits per heavy atom. The van der Waals surface area contributed by atoms with Gasteiger partial charge in [-0.05, 0) is 50.9 Å². The first-order chi connectivity index (χ1) is 11.9. The topological polar surface area (TPSA) is 61.4 Å². The number of aryl methyl sites for hydroxylation is 1. The quantitative estimate of drug-likeness (QED) is 0.797. The van der Waals surface area contributed by atoms with Crippen molar-refractivity contribution in [2.24, 2.45) is 5.92 Å². The van der Waals surface area contributed by atoms with E-state index < -0.39 is 6.04 Å². The van der Waals surface area contributed by atoms with Gasteiger partial charge >= 0.3 is 0 Å². The summed E-state index contributed by atoms with van der Waals surface area (Å²) in [7, 11) is 0. The number of nitrogens with one attached hydrogen (secondary N) is 2. The molecule has 0 aromatic heterocycles. The summed E-state index contributed by atoms with van der Waals surface area (Å²) in [5.41, 5.74) is 1.68. The van der Waals surface area contributed by atoms with E-state index in [1.807, 2.05) is 32.9 Å². The average molecular weight is 345 g/mol. The van der Waals surface area contributed by atoms with Crippen molar-refractivity contribution in [2.75, 3.05) is 19.6 Å². The molecule has 5 nitrogen and oxygen atoms in total. The molecule has 2 rings (SSSR count). The molecule has 2 N–H and O–H groups in total. The van der Waals surface area contributed by atoms with Crippen LogP contribution in [0.2, 0.25) is 0 Å². The lowest BCUT2D eigenvalue weighted by molar-refractivity contribution is -0.124. The van der Waals surface area contributed by atoms with Crippen molar-refractivity contribution in [3.63, 3.8) is 0 Å².